The molecule has 2 N–H and O–H groups in total. The average Bonchev–Trinajstić information content (AvgIpc) is 3.03. The van der Waals surface area contributed by atoms with Crippen molar-refractivity contribution in [3.05, 3.63) is 22.4 Å². The number of nitrogens with zero attached hydrogens (tertiary/aromatic N) is 5. The van der Waals surface area contributed by atoms with E-state index in [2.05, 4.69) is 20.0 Å². The molecular formula is C11H16N6S. The quantitative estimate of drug-likeness (QED) is 0.901. The lowest BCUT2D eigenvalue weighted by Crippen LogP contribution is -2.23. The fraction of sp³-hybridized carbons (Fsp3) is 0.545. The molecule has 0 radical (unpaired) electrons. The highest BCUT2D eigenvalue weighted by Gasteiger charge is 2.29. The van der Waals surface area contributed by atoms with E-state index in [9.17, 15) is 0 Å². The summed E-state index contributed by atoms with van der Waals surface area (Å²) in [5.41, 5.74) is 5.75. The molecule has 0 aliphatic carbocycles. The number of thiazole rings is 1. The lowest BCUT2D eigenvalue weighted by molar-refractivity contribution is 0.239. The number of rotatable bonds is 3. The van der Waals surface area contributed by atoms with E-state index in [0.29, 0.717) is 5.95 Å². The molecule has 1 aliphatic rings. The summed E-state index contributed by atoms with van der Waals surface area (Å²) >= 11 is 1.69. The molecule has 1 fully saturated rings. The Labute approximate surface area is 109 Å². The minimum Gasteiger partial charge on any atom is -0.368 e. The van der Waals surface area contributed by atoms with Crippen molar-refractivity contribution in [1.29, 1.82) is 0 Å². The second-order valence-corrected chi connectivity index (χ2v) is 5.49. The highest BCUT2D eigenvalue weighted by atomic mass is 32.1. The van der Waals surface area contributed by atoms with Crippen molar-refractivity contribution in [1.82, 2.24) is 24.6 Å². The Bertz CT molecular complexity index is 500. The van der Waals surface area contributed by atoms with Crippen molar-refractivity contribution in [3.63, 3.8) is 0 Å². The van der Waals surface area contributed by atoms with E-state index in [-0.39, 0.29) is 6.04 Å². The van der Waals surface area contributed by atoms with Crippen LogP contribution in [0.5, 0.6) is 0 Å². The van der Waals surface area contributed by atoms with Gasteiger partial charge in [0.25, 0.3) is 0 Å². The van der Waals surface area contributed by atoms with Crippen LogP contribution in [0, 0.1) is 0 Å². The highest BCUT2D eigenvalue weighted by molar-refractivity contribution is 7.09. The summed E-state index contributed by atoms with van der Waals surface area (Å²) in [6, 6.07) is 0.275. The van der Waals surface area contributed by atoms with Crippen LogP contribution in [0.15, 0.2) is 11.6 Å². The Morgan fingerprint density at radius 3 is 3.11 bits per heavy atom. The number of likely N-dealkylation sites (tertiary alicyclic amines) is 1. The molecule has 1 unspecified atom stereocenters. The van der Waals surface area contributed by atoms with Crippen molar-refractivity contribution in [2.45, 2.75) is 25.4 Å². The zero-order valence-corrected chi connectivity index (χ0v) is 11.1. The standard InChI is InChI=1S/C11H16N6S/c1-16-11(12)14-10(15-16)8-3-2-5-17(8)7-9-13-4-6-18-9/h4,6,8H,2-3,5,7H2,1H3,(H2,12,14,15). The van der Waals surface area contributed by atoms with Gasteiger partial charge in [0, 0.05) is 18.6 Å². The first kappa shape index (κ1) is 11.6. The second kappa shape index (κ2) is 4.66. The van der Waals surface area contributed by atoms with E-state index in [4.69, 9.17) is 5.73 Å². The van der Waals surface area contributed by atoms with Gasteiger partial charge in [-0.1, -0.05) is 0 Å². The summed E-state index contributed by atoms with van der Waals surface area (Å²) in [6.07, 6.45) is 4.12. The second-order valence-electron chi connectivity index (χ2n) is 4.51. The van der Waals surface area contributed by atoms with Gasteiger partial charge in [-0.05, 0) is 19.4 Å². The fourth-order valence-electron chi connectivity index (χ4n) is 2.37. The van der Waals surface area contributed by atoms with Crippen LogP contribution in [-0.4, -0.2) is 31.2 Å². The minimum absolute atomic E-state index is 0.275. The Hall–Kier alpha value is -1.47. The van der Waals surface area contributed by atoms with Crippen molar-refractivity contribution < 1.29 is 0 Å². The molecule has 1 atom stereocenters. The summed E-state index contributed by atoms with van der Waals surface area (Å²) in [4.78, 5) is 11.1. The molecule has 3 rings (SSSR count). The predicted octanol–water partition coefficient (Wildman–Crippen LogP) is 1.19. The molecule has 6 nitrogen and oxygen atoms in total. The summed E-state index contributed by atoms with van der Waals surface area (Å²) in [5, 5.41) is 7.55. The smallest absolute Gasteiger partial charge is 0.218 e. The maximum atomic E-state index is 5.75. The van der Waals surface area contributed by atoms with Crippen LogP contribution in [-0.2, 0) is 13.6 Å². The van der Waals surface area contributed by atoms with Crippen molar-refractivity contribution in [2.75, 3.05) is 12.3 Å². The van der Waals surface area contributed by atoms with Crippen molar-refractivity contribution in [3.8, 4) is 0 Å². The monoisotopic (exact) mass is 264 g/mol. The Morgan fingerprint density at radius 1 is 1.56 bits per heavy atom. The lowest BCUT2D eigenvalue weighted by Gasteiger charge is -2.20. The molecule has 18 heavy (non-hydrogen) atoms. The van der Waals surface area contributed by atoms with Gasteiger partial charge in [-0.15, -0.1) is 11.3 Å². The van der Waals surface area contributed by atoms with Crippen LogP contribution in [0.2, 0.25) is 0 Å². The molecule has 1 aliphatic heterocycles. The zero-order valence-electron chi connectivity index (χ0n) is 10.3. The molecule has 2 aromatic heterocycles. The van der Waals surface area contributed by atoms with Crippen LogP contribution < -0.4 is 5.73 Å². The fourth-order valence-corrected chi connectivity index (χ4v) is 3.01. The number of nitrogen functional groups attached to an aromatic ring is 1. The van der Waals surface area contributed by atoms with Crippen LogP contribution in [0.3, 0.4) is 0 Å². The third-order valence-electron chi connectivity index (χ3n) is 3.30. The maximum Gasteiger partial charge on any atom is 0.218 e. The Balaban J connectivity index is 1.78. The molecule has 0 amide bonds. The maximum absolute atomic E-state index is 5.75. The number of nitrogens with two attached hydrogens (primary N) is 1. The molecule has 2 aromatic rings. The third-order valence-corrected chi connectivity index (χ3v) is 4.06. The molecule has 0 saturated carbocycles. The van der Waals surface area contributed by atoms with Crippen molar-refractivity contribution in [2.24, 2.45) is 7.05 Å². The molecule has 0 spiro atoms. The van der Waals surface area contributed by atoms with Crippen LogP contribution in [0.4, 0.5) is 5.95 Å². The molecule has 96 valence electrons. The SMILES string of the molecule is Cn1nc(C2CCCN2Cc2nccs2)nc1N. The first-order valence-electron chi connectivity index (χ1n) is 6.03. The van der Waals surface area contributed by atoms with Gasteiger partial charge >= 0.3 is 0 Å². The predicted molar refractivity (Wildman–Crippen MR) is 69.9 cm³/mol. The minimum atomic E-state index is 0.275. The van der Waals surface area contributed by atoms with E-state index in [0.717, 1.165) is 30.3 Å². The van der Waals surface area contributed by atoms with Crippen LogP contribution >= 0.6 is 11.3 Å². The first-order valence-corrected chi connectivity index (χ1v) is 6.91. The van der Waals surface area contributed by atoms with E-state index in [1.54, 1.807) is 16.0 Å². The molecule has 3 heterocycles. The summed E-state index contributed by atoms with van der Waals surface area (Å²) in [7, 11) is 1.83. The van der Waals surface area contributed by atoms with E-state index in [1.165, 1.54) is 6.42 Å². The third kappa shape index (κ3) is 2.11. The molecule has 1 saturated heterocycles. The number of hydrogen-bond donors (Lipinski definition) is 1. The Morgan fingerprint density at radius 2 is 2.44 bits per heavy atom. The molecular weight excluding hydrogens is 248 g/mol. The van der Waals surface area contributed by atoms with Crippen LogP contribution in [0.1, 0.15) is 29.7 Å². The van der Waals surface area contributed by atoms with Gasteiger partial charge in [0.1, 0.15) is 5.01 Å². The highest BCUT2D eigenvalue weighted by Crippen LogP contribution is 2.31. The molecule has 0 aromatic carbocycles. The van der Waals surface area contributed by atoms with Gasteiger partial charge in [0.15, 0.2) is 5.82 Å². The Kier molecular flexibility index (Phi) is 3.00. The number of aromatic nitrogens is 4. The summed E-state index contributed by atoms with van der Waals surface area (Å²) in [6.45, 7) is 1.95. The van der Waals surface area contributed by atoms with Crippen LogP contribution in [0.25, 0.3) is 0 Å². The summed E-state index contributed by atoms with van der Waals surface area (Å²) in [5.74, 6) is 1.31. The van der Waals surface area contributed by atoms with E-state index >= 15 is 0 Å². The zero-order chi connectivity index (χ0) is 12.5. The number of hydrogen-bond acceptors (Lipinski definition) is 6. The van der Waals surface area contributed by atoms with E-state index in [1.807, 2.05) is 18.6 Å². The molecule has 0 bridgehead atoms. The van der Waals surface area contributed by atoms with E-state index < -0.39 is 0 Å². The van der Waals surface area contributed by atoms with Gasteiger partial charge in [0.05, 0.1) is 12.6 Å². The van der Waals surface area contributed by atoms with Gasteiger partial charge in [-0.25, -0.2) is 9.67 Å². The lowest BCUT2D eigenvalue weighted by atomic mass is 10.2. The largest absolute Gasteiger partial charge is 0.368 e. The van der Waals surface area contributed by atoms with Gasteiger partial charge in [-0.3, -0.25) is 4.90 Å². The average molecular weight is 264 g/mol. The summed E-state index contributed by atoms with van der Waals surface area (Å²) < 4.78 is 1.63. The molecule has 7 heteroatoms. The first-order chi connectivity index (χ1) is 8.74. The van der Waals surface area contributed by atoms with Gasteiger partial charge < -0.3 is 5.73 Å². The number of anilines is 1. The van der Waals surface area contributed by atoms with Gasteiger partial charge in [0.2, 0.25) is 5.95 Å². The van der Waals surface area contributed by atoms with Crippen molar-refractivity contribution >= 4 is 17.3 Å². The van der Waals surface area contributed by atoms with Gasteiger partial charge in [-0.2, -0.15) is 10.1 Å². The number of aryl methyl sites for hydroxylation is 1. The topological polar surface area (TPSA) is 72.9 Å². The normalized spacial score (nSPS) is 20.6.